The third kappa shape index (κ3) is 4.47. The molecule has 18 heavy (non-hydrogen) atoms. The van der Waals surface area contributed by atoms with Crippen molar-refractivity contribution in [2.75, 3.05) is 6.54 Å². The number of aryl methyl sites for hydroxylation is 1. The Morgan fingerprint density at radius 2 is 1.83 bits per heavy atom. The van der Waals surface area contributed by atoms with E-state index in [1.54, 1.807) is 6.92 Å². The van der Waals surface area contributed by atoms with Crippen LogP contribution in [0.5, 0.6) is 0 Å². The lowest BCUT2D eigenvalue weighted by molar-refractivity contribution is -0.672. The summed E-state index contributed by atoms with van der Waals surface area (Å²) in [4.78, 5) is 13.1. The Morgan fingerprint density at radius 1 is 1.22 bits per heavy atom. The van der Waals surface area contributed by atoms with Crippen LogP contribution in [-0.4, -0.2) is 17.4 Å². The number of fused-ring (bicyclic) bond motifs is 1. The summed E-state index contributed by atoms with van der Waals surface area (Å²) < 4.78 is 2.06. The quantitative estimate of drug-likeness (QED) is 0.650. The van der Waals surface area contributed by atoms with Crippen molar-refractivity contribution in [2.24, 2.45) is 7.05 Å². The van der Waals surface area contributed by atoms with Gasteiger partial charge in [-0.05, 0) is 12.0 Å². The molecule has 0 radical (unpaired) electrons. The van der Waals surface area contributed by atoms with Crippen LogP contribution in [0, 0.1) is 0 Å². The molecule has 1 aliphatic rings. The first-order valence-corrected chi connectivity index (χ1v) is 6.89. The average Bonchev–Trinajstić information content (AvgIpc) is 2.42. The number of hydrogen-bond acceptors (Lipinski definition) is 1. The lowest BCUT2D eigenvalue weighted by atomic mass is 10.0. The molecule has 2 rings (SSSR count). The van der Waals surface area contributed by atoms with Gasteiger partial charge in [0.25, 0.3) is 0 Å². The molecule has 0 saturated carbocycles. The molecule has 0 bridgehead atoms. The monoisotopic (exact) mass is 251 g/mol. The molecule has 102 valence electrons. The fourth-order valence-electron chi connectivity index (χ4n) is 1.87. The van der Waals surface area contributed by atoms with E-state index in [4.69, 9.17) is 0 Å². The smallest absolute Gasteiger partial charge is 0.219 e. The number of hydrogen-bond donors (Lipinski definition) is 0. The second kappa shape index (κ2) is 8.67. The molecule has 1 aromatic rings. The van der Waals surface area contributed by atoms with Gasteiger partial charge >= 0.3 is 0 Å². The minimum atomic E-state index is 0.170. The first-order chi connectivity index (χ1) is 8.66. The number of nitrogens with zero attached hydrogens (tertiary/aromatic N) is 2. The summed E-state index contributed by atoms with van der Waals surface area (Å²) in [7, 11) is 2.03. The maximum Gasteiger partial charge on any atom is 0.219 e. The van der Waals surface area contributed by atoms with E-state index in [2.05, 4.69) is 16.8 Å². The Bertz CT molecular complexity index is 375. The molecular weight excluding hydrogens is 224 g/mol. The highest BCUT2D eigenvalue weighted by Gasteiger charge is 2.19. The Kier molecular flexibility index (Phi) is 8.01. The Morgan fingerprint density at radius 3 is 2.39 bits per heavy atom. The van der Waals surface area contributed by atoms with Crippen molar-refractivity contribution in [1.82, 2.24) is 4.90 Å². The normalized spacial score (nSPS) is 12.4. The van der Waals surface area contributed by atoms with Crippen LogP contribution in [0.4, 0.5) is 0 Å². The van der Waals surface area contributed by atoms with Crippen molar-refractivity contribution in [3.05, 3.63) is 29.6 Å². The molecule has 1 aromatic heterocycles. The lowest BCUT2D eigenvalue weighted by Crippen LogP contribution is -2.37. The van der Waals surface area contributed by atoms with E-state index in [0.717, 1.165) is 19.5 Å². The highest BCUT2D eigenvalue weighted by atomic mass is 16.2. The maximum atomic E-state index is 11.2. The number of carbonyl (C=O) groups is 1. The molecule has 0 unspecified atom stereocenters. The average molecular weight is 251 g/mol. The van der Waals surface area contributed by atoms with Crippen molar-refractivity contribution >= 4 is 5.91 Å². The van der Waals surface area contributed by atoms with E-state index in [-0.39, 0.29) is 5.91 Å². The van der Waals surface area contributed by atoms with Gasteiger partial charge in [0.15, 0.2) is 12.4 Å². The van der Waals surface area contributed by atoms with Gasteiger partial charge in [0, 0.05) is 31.6 Å². The van der Waals surface area contributed by atoms with E-state index >= 15 is 0 Å². The van der Waals surface area contributed by atoms with Crippen LogP contribution in [0.2, 0.25) is 0 Å². The van der Waals surface area contributed by atoms with E-state index in [0.29, 0.717) is 0 Å². The first kappa shape index (κ1) is 16.6. The molecule has 0 N–H and O–H groups in total. The van der Waals surface area contributed by atoms with Gasteiger partial charge in [-0.15, -0.1) is 0 Å². The molecule has 1 amide bonds. The molecule has 1 aliphatic heterocycles. The van der Waals surface area contributed by atoms with Crippen molar-refractivity contribution in [3.8, 4) is 0 Å². The van der Waals surface area contributed by atoms with Crippen LogP contribution in [0.15, 0.2) is 18.5 Å². The standard InChI is InChI=1S/C11H15N2O.2C2H6/c1-9(14)13-6-4-10-7-12(2)5-3-11(10)8-13;2*1-2/h3,5,7H,4,6,8H2,1-2H3;2*1-2H3/q+1;;. The molecule has 2 heterocycles. The molecular formula is C15H27N2O+. The van der Waals surface area contributed by atoms with Crippen LogP contribution in [0.3, 0.4) is 0 Å². The topological polar surface area (TPSA) is 24.2 Å². The number of pyridine rings is 1. The molecule has 0 saturated heterocycles. The lowest BCUT2D eigenvalue weighted by Gasteiger charge is -2.26. The van der Waals surface area contributed by atoms with Crippen LogP contribution in [-0.2, 0) is 24.8 Å². The van der Waals surface area contributed by atoms with Gasteiger partial charge in [-0.1, -0.05) is 27.7 Å². The zero-order valence-corrected chi connectivity index (χ0v) is 12.7. The Balaban J connectivity index is 0.000000659. The Labute approximate surface area is 111 Å². The minimum absolute atomic E-state index is 0.170. The minimum Gasteiger partial charge on any atom is -0.338 e. The zero-order chi connectivity index (χ0) is 14.1. The SMILES string of the molecule is CC.CC.CC(=O)N1CCc2c[n+](C)ccc2C1. The number of rotatable bonds is 0. The van der Waals surface area contributed by atoms with E-state index < -0.39 is 0 Å². The Hall–Kier alpha value is -1.38. The van der Waals surface area contributed by atoms with Crippen LogP contribution in [0.25, 0.3) is 0 Å². The summed E-state index contributed by atoms with van der Waals surface area (Å²) in [6, 6.07) is 2.10. The van der Waals surface area contributed by atoms with Gasteiger partial charge in [-0.2, -0.15) is 0 Å². The second-order valence-corrected chi connectivity index (χ2v) is 3.85. The molecule has 0 atom stereocenters. The van der Waals surface area contributed by atoms with Crippen LogP contribution in [0.1, 0.15) is 45.7 Å². The molecule has 0 fully saturated rings. The van der Waals surface area contributed by atoms with E-state index in [9.17, 15) is 4.79 Å². The zero-order valence-electron chi connectivity index (χ0n) is 12.7. The third-order valence-electron chi connectivity index (χ3n) is 2.74. The second-order valence-electron chi connectivity index (χ2n) is 3.85. The van der Waals surface area contributed by atoms with Crippen LogP contribution < -0.4 is 4.57 Å². The summed E-state index contributed by atoms with van der Waals surface area (Å²) in [6.07, 6.45) is 5.15. The van der Waals surface area contributed by atoms with Gasteiger partial charge in [0.05, 0.1) is 0 Å². The summed E-state index contributed by atoms with van der Waals surface area (Å²) in [5, 5.41) is 0. The van der Waals surface area contributed by atoms with Crippen molar-refractivity contribution in [3.63, 3.8) is 0 Å². The number of carbonyl (C=O) groups excluding carboxylic acids is 1. The predicted octanol–water partition coefficient (Wildman–Crippen LogP) is 2.47. The maximum absolute atomic E-state index is 11.2. The highest BCUT2D eigenvalue weighted by molar-refractivity contribution is 5.73. The highest BCUT2D eigenvalue weighted by Crippen LogP contribution is 2.16. The van der Waals surface area contributed by atoms with Gasteiger partial charge < -0.3 is 4.90 Å². The van der Waals surface area contributed by atoms with E-state index in [1.165, 1.54) is 11.1 Å². The molecule has 0 spiro atoms. The fourth-order valence-corrected chi connectivity index (χ4v) is 1.87. The first-order valence-electron chi connectivity index (χ1n) is 6.89. The van der Waals surface area contributed by atoms with Crippen molar-refractivity contribution in [1.29, 1.82) is 0 Å². The van der Waals surface area contributed by atoms with Gasteiger partial charge in [-0.3, -0.25) is 4.79 Å². The van der Waals surface area contributed by atoms with Gasteiger partial charge in [-0.25, -0.2) is 4.57 Å². The third-order valence-corrected chi connectivity index (χ3v) is 2.74. The van der Waals surface area contributed by atoms with E-state index in [1.807, 2.05) is 45.8 Å². The molecule has 0 aliphatic carbocycles. The van der Waals surface area contributed by atoms with Gasteiger partial charge in [0.2, 0.25) is 5.91 Å². The number of amides is 1. The van der Waals surface area contributed by atoms with Crippen LogP contribution >= 0.6 is 0 Å². The summed E-state index contributed by atoms with van der Waals surface area (Å²) in [5.74, 6) is 0.170. The summed E-state index contributed by atoms with van der Waals surface area (Å²) in [5.41, 5.74) is 2.65. The predicted molar refractivity (Wildman–Crippen MR) is 75.1 cm³/mol. The van der Waals surface area contributed by atoms with Gasteiger partial charge in [0.1, 0.15) is 7.05 Å². The molecule has 3 nitrogen and oxygen atoms in total. The molecule has 0 aromatic carbocycles. The van der Waals surface area contributed by atoms with Crippen molar-refractivity contribution in [2.45, 2.75) is 47.6 Å². The van der Waals surface area contributed by atoms with Crippen molar-refractivity contribution < 1.29 is 9.36 Å². The summed E-state index contributed by atoms with van der Waals surface area (Å²) >= 11 is 0. The largest absolute Gasteiger partial charge is 0.338 e. The molecule has 3 heteroatoms. The number of aromatic nitrogens is 1. The summed E-state index contributed by atoms with van der Waals surface area (Å²) in [6.45, 7) is 11.3. The fraction of sp³-hybridized carbons (Fsp3) is 0.600.